The topological polar surface area (TPSA) is 159 Å². The minimum Gasteiger partial charge on any atom is -0.499 e. The van der Waals surface area contributed by atoms with E-state index < -0.39 is 48.7 Å². The van der Waals surface area contributed by atoms with Crippen LogP contribution < -0.4 is 15.1 Å². The number of rotatable bonds is 8. The third-order valence-electron chi connectivity index (χ3n) is 4.85. The van der Waals surface area contributed by atoms with Gasteiger partial charge in [-0.05, 0) is 25.0 Å². The fraction of sp³-hybridized carbons (Fsp3) is 0.476. The number of aliphatic hydroxyl groups is 4. The molecular formula is C21H26O10. The summed E-state index contributed by atoms with van der Waals surface area (Å²) in [7, 11) is 0. The van der Waals surface area contributed by atoms with E-state index in [0.717, 1.165) is 6.42 Å². The van der Waals surface area contributed by atoms with Gasteiger partial charge in [-0.25, -0.2) is 4.79 Å². The van der Waals surface area contributed by atoms with Crippen molar-refractivity contribution >= 4 is 11.0 Å². The van der Waals surface area contributed by atoms with Gasteiger partial charge in [0.05, 0.1) is 18.6 Å². The van der Waals surface area contributed by atoms with Crippen LogP contribution in [0, 0.1) is 0 Å². The number of benzene rings is 1. The number of ether oxygens (including phenoxy) is 3. The van der Waals surface area contributed by atoms with E-state index >= 15 is 0 Å². The van der Waals surface area contributed by atoms with Gasteiger partial charge in [-0.3, -0.25) is 0 Å². The summed E-state index contributed by atoms with van der Waals surface area (Å²) < 4.78 is 21.5. The van der Waals surface area contributed by atoms with E-state index in [-0.39, 0.29) is 16.7 Å². The Kier molecular flexibility index (Phi) is 7.52. The molecular weight excluding hydrogens is 412 g/mol. The minimum absolute atomic E-state index is 0.0593. The Morgan fingerprint density at radius 2 is 1.90 bits per heavy atom. The first-order valence-electron chi connectivity index (χ1n) is 9.92. The number of aromatic hydroxyl groups is 1. The van der Waals surface area contributed by atoms with Gasteiger partial charge in [0.25, 0.3) is 0 Å². The van der Waals surface area contributed by atoms with Gasteiger partial charge in [-0.1, -0.05) is 19.1 Å². The van der Waals surface area contributed by atoms with Crippen LogP contribution in [0.15, 0.2) is 39.6 Å². The highest BCUT2D eigenvalue weighted by atomic mass is 16.7. The van der Waals surface area contributed by atoms with E-state index in [1.165, 1.54) is 12.1 Å². The largest absolute Gasteiger partial charge is 0.499 e. The first-order chi connectivity index (χ1) is 14.9. The summed E-state index contributed by atoms with van der Waals surface area (Å²) in [5, 5.41) is 49.6. The molecule has 0 amide bonds. The van der Waals surface area contributed by atoms with Crippen molar-refractivity contribution in [3.05, 3.63) is 40.8 Å². The smallest absolute Gasteiger partial charge is 0.382 e. The molecule has 1 aliphatic rings. The molecule has 2 aromatic rings. The third kappa shape index (κ3) is 5.00. The lowest BCUT2D eigenvalue weighted by Crippen LogP contribution is -2.60. The maximum absolute atomic E-state index is 12.1. The van der Waals surface area contributed by atoms with Crippen molar-refractivity contribution in [3.8, 4) is 17.2 Å². The molecule has 3 rings (SSSR count). The van der Waals surface area contributed by atoms with E-state index in [2.05, 4.69) is 0 Å². The van der Waals surface area contributed by atoms with Crippen molar-refractivity contribution < 1.29 is 44.2 Å². The summed E-state index contributed by atoms with van der Waals surface area (Å²) in [5.41, 5.74) is -1.03. The lowest BCUT2D eigenvalue weighted by atomic mass is 9.99. The van der Waals surface area contributed by atoms with Crippen LogP contribution in [-0.2, 0) is 4.74 Å². The number of aliphatic hydroxyl groups excluding tert-OH is 4. The summed E-state index contributed by atoms with van der Waals surface area (Å²) in [6.45, 7) is 1.79. The maximum atomic E-state index is 12.1. The fourth-order valence-corrected chi connectivity index (χ4v) is 3.16. The zero-order chi connectivity index (χ0) is 22.5. The maximum Gasteiger partial charge on any atom is 0.382 e. The van der Waals surface area contributed by atoms with Gasteiger partial charge in [0.2, 0.25) is 12.0 Å². The molecule has 0 radical (unpaired) electrons. The molecule has 170 valence electrons. The summed E-state index contributed by atoms with van der Waals surface area (Å²) in [5.74, 6) is -0.763. The van der Waals surface area contributed by atoms with Gasteiger partial charge in [0.1, 0.15) is 35.7 Å². The van der Waals surface area contributed by atoms with Gasteiger partial charge in [0.15, 0.2) is 5.75 Å². The Labute approximate surface area is 177 Å². The minimum atomic E-state index is -1.71. The van der Waals surface area contributed by atoms with Crippen LogP contribution in [-0.4, -0.2) is 69.5 Å². The number of allylic oxidation sites excluding steroid dienone is 1. The van der Waals surface area contributed by atoms with Crippen LogP contribution >= 0.6 is 0 Å². The molecule has 5 atom stereocenters. The first kappa shape index (κ1) is 23.0. The van der Waals surface area contributed by atoms with Crippen molar-refractivity contribution in [3.63, 3.8) is 0 Å². The molecule has 1 saturated heterocycles. The molecule has 0 spiro atoms. The predicted octanol–water partition coefficient (Wildman–Crippen LogP) is 0.412. The predicted molar refractivity (Wildman–Crippen MR) is 108 cm³/mol. The Bertz CT molecular complexity index is 967. The second kappa shape index (κ2) is 10.1. The second-order valence-corrected chi connectivity index (χ2v) is 7.06. The molecule has 10 heteroatoms. The molecule has 31 heavy (non-hydrogen) atoms. The molecule has 1 aromatic heterocycles. The quantitative estimate of drug-likeness (QED) is 0.222. The van der Waals surface area contributed by atoms with Gasteiger partial charge >= 0.3 is 5.63 Å². The highest BCUT2D eigenvalue weighted by molar-refractivity contribution is 5.86. The summed E-state index contributed by atoms with van der Waals surface area (Å²) in [6.07, 6.45) is -2.09. The Morgan fingerprint density at radius 1 is 1.13 bits per heavy atom. The van der Waals surface area contributed by atoms with Crippen molar-refractivity contribution in [2.45, 2.75) is 50.5 Å². The van der Waals surface area contributed by atoms with Crippen molar-refractivity contribution in [1.29, 1.82) is 0 Å². The molecule has 1 fully saturated rings. The Hall–Kier alpha value is -2.63. The average Bonchev–Trinajstić information content (AvgIpc) is 2.76. The lowest BCUT2D eigenvalue weighted by molar-refractivity contribution is -0.277. The summed E-state index contributed by atoms with van der Waals surface area (Å²) in [6, 6.07) is 4.54. The lowest BCUT2D eigenvalue weighted by Gasteiger charge is -2.39. The molecule has 0 bridgehead atoms. The summed E-state index contributed by atoms with van der Waals surface area (Å²) in [4.78, 5) is 12.1. The van der Waals surface area contributed by atoms with Crippen molar-refractivity contribution in [2.75, 3.05) is 13.2 Å². The molecule has 0 unspecified atom stereocenters. The van der Waals surface area contributed by atoms with Gasteiger partial charge in [-0.2, -0.15) is 0 Å². The highest BCUT2D eigenvalue weighted by Gasteiger charge is 2.45. The standard InChI is InChI=1S/C21H26O10/c1-2-3-4-5-8-28-11-6-7-12-13(9-11)29-20(27)18(26)19(12)31-21-17(25)16(24)15(23)14(10-22)30-21/h3-4,6-7,9,14-17,21-26H,2,5,8,10H2,1H3/t14-,15-,16+,17+,21-/m1/s1. The number of fused-ring (bicyclic) bond motifs is 1. The van der Waals surface area contributed by atoms with E-state index in [1.54, 1.807) is 6.07 Å². The van der Waals surface area contributed by atoms with Crippen LogP contribution in [0.2, 0.25) is 0 Å². The van der Waals surface area contributed by atoms with Crippen molar-refractivity contribution in [1.82, 2.24) is 0 Å². The molecule has 10 nitrogen and oxygen atoms in total. The zero-order valence-corrected chi connectivity index (χ0v) is 16.9. The monoisotopic (exact) mass is 438 g/mol. The third-order valence-corrected chi connectivity index (χ3v) is 4.85. The first-order valence-corrected chi connectivity index (χ1v) is 9.92. The number of hydrogen-bond donors (Lipinski definition) is 5. The molecule has 2 heterocycles. The Morgan fingerprint density at radius 3 is 2.61 bits per heavy atom. The SMILES string of the molecule is CCC=CCCOc1ccc2c(O[C@H]3O[C@H](CO)[C@@H](O)[C@H](O)[C@@H]3O)c(O)c(=O)oc2c1. The van der Waals surface area contributed by atoms with Crippen LogP contribution in [0.5, 0.6) is 17.2 Å². The number of hydrogen-bond acceptors (Lipinski definition) is 10. The molecule has 5 N–H and O–H groups in total. The zero-order valence-electron chi connectivity index (χ0n) is 16.9. The van der Waals surface area contributed by atoms with Gasteiger partial charge in [-0.15, -0.1) is 0 Å². The van der Waals surface area contributed by atoms with Crippen LogP contribution in [0.25, 0.3) is 11.0 Å². The van der Waals surface area contributed by atoms with Crippen LogP contribution in [0.1, 0.15) is 19.8 Å². The normalized spacial score (nSPS) is 26.4. The van der Waals surface area contributed by atoms with Gasteiger partial charge < -0.3 is 44.2 Å². The molecule has 0 aliphatic carbocycles. The van der Waals surface area contributed by atoms with Crippen LogP contribution in [0.4, 0.5) is 0 Å². The highest BCUT2D eigenvalue weighted by Crippen LogP contribution is 2.36. The second-order valence-electron chi connectivity index (χ2n) is 7.06. The van der Waals surface area contributed by atoms with Crippen molar-refractivity contribution in [2.24, 2.45) is 0 Å². The van der Waals surface area contributed by atoms with E-state index in [1.807, 2.05) is 19.1 Å². The van der Waals surface area contributed by atoms with Gasteiger partial charge in [0, 0.05) is 6.07 Å². The average molecular weight is 438 g/mol. The van der Waals surface area contributed by atoms with E-state index in [4.69, 9.17) is 18.6 Å². The van der Waals surface area contributed by atoms with E-state index in [0.29, 0.717) is 18.8 Å². The molecule has 0 saturated carbocycles. The van der Waals surface area contributed by atoms with E-state index in [9.17, 15) is 30.3 Å². The van der Waals surface area contributed by atoms with Crippen LogP contribution in [0.3, 0.4) is 0 Å². The molecule has 1 aliphatic heterocycles. The molecule has 1 aromatic carbocycles. The summed E-state index contributed by atoms with van der Waals surface area (Å²) >= 11 is 0. The Balaban J connectivity index is 1.87. The fourth-order valence-electron chi connectivity index (χ4n) is 3.16.